The Morgan fingerprint density at radius 3 is 2.40 bits per heavy atom. The maximum absolute atomic E-state index is 6.47. The molecule has 2 rings (SSSR count). The van der Waals surface area contributed by atoms with Crippen molar-refractivity contribution in [3.63, 3.8) is 0 Å². The summed E-state index contributed by atoms with van der Waals surface area (Å²) >= 11 is 6.30. The van der Waals surface area contributed by atoms with Crippen LogP contribution in [0.15, 0.2) is 24.3 Å². The average Bonchev–Trinajstić information content (AvgIpc) is 2.65. The van der Waals surface area contributed by atoms with Gasteiger partial charge < -0.3 is 10.5 Å². The van der Waals surface area contributed by atoms with Crippen molar-refractivity contribution in [2.75, 3.05) is 7.11 Å². The van der Waals surface area contributed by atoms with Crippen molar-refractivity contribution in [2.24, 2.45) is 12.8 Å². The van der Waals surface area contributed by atoms with Crippen LogP contribution in [0.3, 0.4) is 0 Å². The quantitative estimate of drug-likeness (QED) is 0.943. The van der Waals surface area contributed by atoms with Gasteiger partial charge in [0.25, 0.3) is 0 Å². The Morgan fingerprint density at radius 2 is 1.95 bits per heavy atom. The van der Waals surface area contributed by atoms with Crippen molar-refractivity contribution in [1.82, 2.24) is 9.78 Å². The molecule has 1 atom stereocenters. The number of benzene rings is 1. The van der Waals surface area contributed by atoms with Crippen LogP contribution >= 0.6 is 11.6 Å². The van der Waals surface area contributed by atoms with Gasteiger partial charge in [0.2, 0.25) is 0 Å². The molecule has 0 aliphatic carbocycles. The molecule has 0 saturated carbocycles. The molecule has 20 heavy (non-hydrogen) atoms. The van der Waals surface area contributed by atoms with E-state index in [9.17, 15) is 0 Å². The maximum atomic E-state index is 6.47. The fourth-order valence-electron chi connectivity index (χ4n) is 2.29. The third kappa shape index (κ3) is 2.81. The van der Waals surface area contributed by atoms with Gasteiger partial charge in [-0.05, 0) is 31.5 Å². The lowest BCUT2D eigenvalue weighted by molar-refractivity contribution is 0.413. The molecular weight excluding hydrogens is 274 g/mol. The Morgan fingerprint density at radius 1 is 1.35 bits per heavy atom. The number of aryl methyl sites for hydroxylation is 2. The summed E-state index contributed by atoms with van der Waals surface area (Å²) in [6, 6.07) is 7.79. The van der Waals surface area contributed by atoms with Crippen molar-refractivity contribution in [1.29, 1.82) is 0 Å². The Labute approximate surface area is 124 Å². The predicted molar refractivity (Wildman–Crippen MR) is 81.2 cm³/mol. The zero-order chi connectivity index (χ0) is 14.9. The normalized spacial score (nSPS) is 14.1. The summed E-state index contributed by atoms with van der Waals surface area (Å²) in [5.41, 5.74) is 8.76. The second-order valence-electron chi connectivity index (χ2n) is 5.29. The number of nitrogens with two attached hydrogens (primary N) is 1. The zero-order valence-corrected chi connectivity index (χ0v) is 13.0. The Kier molecular flexibility index (Phi) is 4.06. The maximum Gasteiger partial charge on any atom is 0.118 e. The molecule has 0 spiro atoms. The third-order valence-corrected chi connectivity index (χ3v) is 4.04. The lowest BCUT2D eigenvalue weighted by atomic mass is 9.88. The minimum atomic E-state index is -0.518. The zero-order valence-electron chi connectivity index (χ0n) is 12.3. The van der Waals surface area contributed by atoms with Crippen LogP contribution in [0.1, 0.15) is 23.9 Å². The molecule has 2 aromatic rings. The lowest BCUT2D eigenvalue weighted by Gasteiger charge is -2.25. The second-order valence-corrected chi connectivity index (χ2v) is 5.67. The molecule has 1 unspecified atom stereocenters. The van der Waals surface area contributed by atoms with Crippen LogP contribution in [-0.2, 0) is 19.0 Å². The molecule has 1 heterocycles. The molecule has 0 bridgehead atoms. The van der Waals surface area contributed by atoms with Gasteiger partial charge in [-0.15, -0.1) is 0 Å². The Bertz CT molecular complexity index is 602. The second kappa shape index (κ2) is 5.46. The van der Waals surface area contributed by atoms with Crippen LogP contribution in [0.25, 0.3) is 0 Å². The van der Waals surface area contributed by atoms with Gasteiger partial charge in [0.15, 0.2) is 0 Å². The molecule has 1 aromatic heterocycles. The molecule has 0 radical (unpaired) electrons. The highest BCUT2D eigenvalue weighted by Gasteiger charge is 2.25. The minimum Gasteiger partial charge on any atom is -0.497 e. The first-order valence-electron chi connectivity index (χ1n) is 6.46. The van der Waals surface area contributed by atoms with Crippen LogP contribution in [-0.4, -0.2) is 16.9 Å². The fraction of sp³-hybridized carbons (Fsp3) is 0.400. The summed E-state index contributed by atoms with van der Waals surface area (Å²) in [6.45, 7) is 3.89. The number of ether oxygens (including phenoxy) is 1. The van der Waals surface area contributed by atoms with E-state index in [-0.39, 0.29) is 0 Å². The highest BCUT2D eigenvalue weighted by Crippen LogP contribution is 2.29. The molecule has 0 fully saturated rings. The van der Waals surface area contributed by atoms with E-state index >= 15 is 0 Å². The van der Waals surface area contributed by atoms with Crippen molar-refractivity contribution >= 4 is 11.6 Å². The number of halogens is 1. The number of aromatic nitrogens is 2. The van der Waals surface area contributed by atoms with E-state index in [0.717, 1.165) is 22.7 Å². The number of rotatable bonds is 4. The van der Waals surface area contributed by atoms with Gasteiger partial charge in [-0.3, -0.25) is 4.68 Å². The van der Waals surface area contributed by atoms with E-state index in [1.54, 1.807) is 11.8 Å². The molecule has 4 nitrogen and oxygen atoms in total. The summed E-state index contributed by atoms with van der Waals surface area (Å²) in [7, 11) is 3.53. The average molecular weight is 294 g/mol. The van der Waals surface area contributed by atoms with E-state index < -0.39 is 5.54 Å². The molecule has 2 N–H and O–H groups in total. The highest BCUT2D eigenvalue weighted by molar-refractivity contribution is 6.31. The number of methoxy groups -OCH3 is 1. The van der Waals surface area contributed by atoms with Crippen LogP contribution in [0, 0.1) is 6.92 Å². The van der Waals surface area contributed by atoms with E-state index in [1.165, 1.54) is 0 Å². The molecule has 0 saturated heterocycles. The third-order valence-electron chi connectivity index (χ3n) is 3.55. The lowest BCUT2D eigenvalue weighted by Crippen LogP contribution is -2.36. The van der Waals surface area contributed by atoms with Gasteiger partial charge in [-0.1, -0.05) is 23.7 Å². The number of hydrogen-bond acceptors (Lipinski definition) is 3. The summed E-state index contributed by atoms with van der Waals surface area (Å²) in [5, 5.41) is 5.02. The van der Waals surface area contributed by atoms with Gasteiger partial charge >= 0.3 is 0 Å². The SMILES string of the molecule is COc1ccc(C(C)(N)Cc2c(Cl)c(C)nn2C)cc1. The smallest absolute Gasteiger partial charge is 0.118 e. The van der Waals surface area contributed by atoms with Crippen LogP contribution in [0.4, 0.5) is 0 Å². The van der Waals surface area contributed by atoms with Gasteiger partial charge in [0.05, 0.1) is 23.5 Å². The summed E-state index contributed by atoms with van der Waals surface area (Å²) in [4.78, 5) is 0. The number of hydrogen-bond donors (Lipinski definition) is 1. The highest BCUT2D eigenvalue weighted by atomic mass is 35.5. The Balaban J connectivity index is 2.29. The first kappa shape index (κ1) is 14.9. The number of nitrogens with zero attached hydrogens (tertiary/aromatic N) is 2. The van der Waals surface area contributed by atoms with Crippen molar-refractivity contribution < 1.29 is 4.74 Å². The van der Waals surface area contributed by atoms with E-state index in [1.807, 2.05) is 45.2 Å². The molecule has 108 valence electrons. The molecule has 0 amide bonds. The van der Waals surface area contributed by atoms with Crippen LogP contribution in [0.2, 0.25) is 5.02 Å². The van der Waals surface area contributed by atoms with Crippen molar-refractivity contribution in [2.45, 2.75) is 25.8 Å². The predicted octanol–water partition coefficient (Wildman–Crippen LogP) is 2.81. The van der Waals surface area contributed by atoms with Gasteiger partial charge in [0.1, 0.15) is 5.75 Å². The van der Waals surface area contributed by atoms with Crippen molar-refractivity contribution in [3.05, 3.63) is 46.2 Å². The molecule has 5 heteroatoms. The van der Waals surface area contributed by atoms with Gasteiger partial charge in [-0.25, -0.2) is 0 Å². The van der Waals surface area contributed by atoms with Crippen LogP contribution in [0.5, 0.6) is 5.75 Å². The van der Waals surface area contributed by atoms with Gasteiger partial charge in [-0.2, -0.15) is 5.10 Å². The summed E-state index contributed by atoms with van der Waals surface area (Å²) in [5.74, 6) is 0.818. The molecular formula is C15H20ClN3O. The fourth-order valence-corrected chi connectivity index (χ4v) is 2.52. The summed E-state index contributed by atoms with van der Waals surface area (Å²) < 4.78 is 6.96. The standard InChI is InChI=1S/C15H20ClN3O/c1-10-14(16)13(19(3)18-10)9-15(2,17)11-5-7-12(20-4)8-6-11/h5-8H,9,17H2,1-4H3. The Hall–Kier alpha value is -1.52. The first-order chi connectivity index (χ1) is 9.35. The molecule has 1 aromatic carbocycles. The van der Waals surface area contributed by atoms with Crippen LogP contribution < -0.4 is 10.5 Å². The van der Waals surface area contributed by atoms with E-state index in [2.05, 4.69) is 5.10 Å². The minimum absolute atomic E-state index is 0.518. The first-order valence-corrected chi connectivity index (χ1v) is 6.84. The molecule has 0 aliphatic rings. The largest absolute Gasteiger partial charge is 0.497 e. The van der Waals surface area contributed by atoms with E-state index in [4.69, 9.17) is 22.1 Å². The van der Waals surface area contributed by atoms with Gasteiger partial charge in [0, 0.05) is 19.0 Å². The van der Waals surface area contributed by atoms with Crippen molar-refractivity contribution in [3.8, 4) is 5.75 Å². The van der Waals surface area contributed by atoms with E-state index in [0.29, 0.717) is 11.4 Å². The monoisotopic (exact) mass is 293 g/mol. The summed E-state index contributed by atoms with van der Waals surface area (Å²) in [6.07, 6.45) is 0.621. The molecule has 0 aliphatic heterocycles. The topological polar surface area (TPSA) is 53.1 Å².